The summed E-state index contributed by atoms with van der Waals surface area (Å²) in [7, 11) is 0. The quantitative estimate of drug-likeness (QED) is 0.915. The van der Waals surface area contributed by atoms with Crippen molar-refractivity contribution in [3.05, 3.63) is 41.2 Å². The molecule has 19 heavy (non-hydrogen) atoms. The zero-order valence-corrected chi connectivity index (χ0v) is 10.6. The Labute approximate surface area is 111 Å². The van der Waals surface area contributed by atoms with Crippen LogP contribution in [0.15, 0.2) is 24.5 Å². The lowest BCUT2D eigenvalue weighted by molar-refractivity contribution is -0.137. The fourth-order valence-electron chi connectivity index (χ4n) is 2.33. The Morgan fingerprint density at radius 3 is 2.84 bits per heavy atom. The number of aryl methyl sites for hydroxylation is 1. The molecular weight excluding hydrogens is 275 g/mol. The van der Waals surface area contributed by atoms with Crippen molar-refractivity contribution in [1.82, 2.24) is 9.36 Å². The van der Waals surface area contributed by atoms with Crippen molar-refractivity contribution in [3.8, 4) is 0 Å². The second-order valence-corrected chi connectivity index (χ2v) is 5.17. The van der Waals surface area contributed by atoms with Gasteiger partial charge in [-0.25, -0.2) is 4.98 Å². The summed E-state index contributed by atoms with van der Waals surface area (Å²) in [5.41, 5.74) is 1.10. The predicted molar refractivity (Wildman–Crippen MR) is 66.0 cm³/mol. The third-order valence-corrected chi connectivity index (χ3v) is 3.80. The van der Waals surface area contributed by atoms with Gasteiger partial charge in [-0.2, -0.15) is 17.5 Å². The first-order chi connectivity index (χ1) is 9.04. The number of aromatic nitrogens is 2. The van der Waals surface area contributed by atoms with Crippen LogP contribution in [0.1, 0.15) is 29.2 Å². The van der Waals surface area contributed by atoms with Gasteiger partial charge in [0.1, 0.15) is 6.33 Å². The lowest BCUT2D eigenvalue weighted by atomic mass is 10.0. The molecule has 0 radical (unpaired) electrons. The summed E-state index contributed by atoms with van der Waals surface area (Å²) >= 11 is 1.24. The molecule has 100 valence electrons. The van der Waals surface area contributed by atoms with Crippen LogP contribution < -0.4 is 5.32 Å². The minimum absolute atomic E-state index is 0.0187. The normalized spacial score (nSPS) is 18.4. The molecule has 1 aromatic heterocycles. The Morgan fingerprint density at radius 1 is 1.32 bits per heavy atom. The van der Waals surface area contributed by atoms with E-state index in [0.717, 1.165) is 23.6 Å². The van der Waals surface area contributed by atoms with Gasteiger partial charge in [0, 0.05) is 11.5 Å². The lowest BCUT2D eigenvalue weighted by Crippen LogP contribution is -2.08. The van der Waals surface area contributed by atoms with E-state index in [1.54, 1.807) is 6.07 Å². The molecular formula is C12H10F3N3S. The molecule has 3 nitrogen and oxygen atoms in total. The smallest absolute Gasteiger partial charge is 0.353 e. The van der Waals surface area contributed by atoms with E-state index in [9.17, 15) is 13.2 Å². The fraction of sp³-hybridized carbons (Fsp3) is 0.333. The lowest BCUT2D eigenvalue weighted by Gasteiger charge is -2.13. The average Bonchev–Trinajstić information content (AvgIpc) is 2.98. The molecule has 0 saturated heterocycles. The second-order valence-electron chi connectivity index (χ2n) is 4.39. The van der Waals surface area contributed by atoms with Crippen LogP contribution in [0.5, 0.6) is 0 Å². The topological polar surface area (TPSA) is 37.8 Å². The molecule has 1 aliphatic rings. The van der Waals surface area contributed by atoms with Crippen molar-refractivity contribution in [3.63, 3.8) is 0 Å². The Hall–Kier alpha value is -1.63. The average molecular weight is 285 g/mol. The molecule has 2 aromatic rings. The molecule has 3 rings (SSSR count). The first-order valence-electron chi connectivity index (χ1n) is 5.77. The monoisotopic (exact) mass is 285 g/mol. The Bertz CT molecular complexity index is 580. The molecule has 1 atom stereocenters. The van der Waals surface area contributed by atoms with Crippen molar-refractivity contribution in [2.45, 2.75) is 25.1 Å². The van der Waals surface area contributed by atoms with Crippen molar-refractivity contribution < 1.29 is 13.2 Å². The maximum absolute atomic E-state index is 12.6. The zero-order valence-electron chi connectivity index (χ0n) is 9.74. The summed E-state index contributed by atoms with van der Waals surface area (Å²) in [6.45, 7) is 0. The molecule has 0 aliphatic heterocycles. The van der Waals surface area contributed by atoms with Gasteiger partial charge in [0.05, 0.1) is 11.6 Å². The highest BCUT2D eigenvalue weighted by molar-refractivity contribution is 7.09. The number of hydrogen-bond donors (Lipinski definition) is 1. The summed E-state index contributed by atoms with van der Waals surface area (Å²) in [5.74, 6) is 0. The maximum Gasteiger partial charge on any atom is 0.416 e. The van der Waals surface area contributed by atoms with E-state index in [4.69, 9.17) is 0 Å². The Kier molecular flexibility index (Phi) is 2.93. The van der Waals surface area contributed by atoms with Crippen LogP contribution in [-0.4, -0.2) is 9.36 Å². The zero-order chi connectivity index (χ0) is 13.5. The third kappa shape index (κ3) is 2.42. The molecule has 1 aromatic carbocycles. The number of alkyl halides is 3. The van der Waals surface area contributed by atoms with Crippen LogP contribution in [0, 0.1) is 0 Å². The van der Waals surface area contributed by atoms with Gasteiger partial charge < -0.3 is 5.32 Å². The number of nitrogens with one attached hydrogen (secondary N) is 1. The fourth-order valence-corrected chi connectivity index (χ4v) is 2.81. The van der Waals surface area contributed by atoms with Crippen LogP contribution >= 0.6 is 11.5 Å². The summed E-state index contributed by atoms with van der Waals surface area (Å²) in [4.78, 5) is 4.03. The third-order valence-electron chi connectivity index (χ3n) is 3.21. The standard InChI is InChI=1S/C12H10F3N3S/c13-12(14,15)8-2-3-9-7(5-8)1-4-10(9)18-11-16-6-17-19-11/h2-3,5-6,10H,1,4H2,(H,16,17,18)/t10-/m1/s1. The van der Waals surface area contributed by atoms with Crippen LogP contribution in [0.4, 0.5) is 18.3 Å². The Morgan fingerprint density at radius 2 is 2.16 bits per heavy atom. The molecule has 1 N–H and O–H groups in total. The van der Waals surface area contributed by atoms with E-state index in [1.165, 1.54) is 23.9 Å². The molecule has 7 heteroatoms. The highest BCUT2D eigenvalue weighted by Gasteiger charge is 2.33. The highest BCUT2D eigenvalue weighted by Crippen LogP contribution is 2.38. The number of rotatable bonds is 2. The van der Waals surface area contributed by atoms with E-state index < -0.39 is 11.7 Å². The van der Waals surface area contributed by atoms with Gasteiger partial charge in [-0.3, -0.25) is 0 Å². The maximum atomic E-state index is 12.6. The number of nitrogens with zero attached hydrogens (tertiary/aromatic N) is 2. The van der Waals surface area contributed by atoms with Crippen molar-refractivity contribution in [2.24, 2.45) is 0 Å². The predicted octanol–water partition coefficient (Wildman–Crippen LogP) is 3.66. The summed E-state index contributed by atoms with van der Waals surface area (Å²) in [6, 6.07) is 3.96. The first-order valence-corrected chi connectivity index (χ1v) is 6.54. The highest BCUT2D eigenvalue weighted by atomic mass is 32.1. The molecule has 0 saturated carbocycles. The largest absolute Gasteiger partial charge is 0.416 e. The second kappa shape index (κ2) is 4.48. The van der Waals surface area contributed by atoms with E-state index in [1.807, 2.05) is 0 Å². The van der Waals surface area contributed by atoms with Crippen LogP contribution in [-0.2, 0) is 12.6 Å². The van der Waals surface area contributed by atoms with Gasteiger partial charge in [-0.05, 0) is 36.1 Å². The van der Waals surface area contributed by atoms with Gasteiger partial charge >= 0.3 is 6.18 Å². The van der Waals surface area contributed by atoms with Crippen molar-refractivity contribution in [2.75, 3.05) is 5.32 Å². The first kappa shape index (κ1) is 12.4. The molecule has 1 heterocycles. The van der Waals surface area contributed by atoms with Crippen molar-refractivity contribution >= 4 is 16.7 Å². The number of benzene rings is 1. The van der Waals surface area contributed by atoms with E-state index >= 15 is 0 Å². The van der Waals surface area contributed by atoms with Crippen LogP contribution in [0.3, 0.4) is 0 Å². The molecule has 1 aliphatic carbocycles. The summed E-state index contributed by atoms with van der Waals surface area (Å²) in [5, 5.41) is 3.89. The molecule has 0 fully saturated rings. The SMILES string of the molecule is FC(F)(F)c1ccc2c(c1)CC[C@H]2Nc1ncns1. The van der Waals surface area contributed by atoms with Gasteiger partial charge in [0.2, 0.25) is 5.13 Å². The summed E-state index contributed by atoms with van der Waals surface area (Å²) < 4.78 is 41.8. The number of fused-ring (bicyclic) bond motifs is 1. The molecule has 0 bridgehead atoms. The number of hydrogen-bond acceptors (Lipinski definition) is 4. The van der Waals surface area contributed by atoms with Gasteiger partial charge in [0.15, 0.2) is 0 Å². The van der Waals surface area contributed by atoms with Gasteiger partial charge in [0.25, 0.3) is 0 Å². The van der Waals surface area contributed by atoms with Crippen LogP contribution in [0.2, 0.25) is 0 Å². The minimum Gasteiger partial charge on any atom is -0.353 e. The molecule has 0 spiro atoms. The summed E-state index contributed by atoms with van der Waals surface area (Å²) in [6.07, 6.45) is -1.40. The van der Waals surface area contributed by atoms with E-state index in [0.29, 0.717) is 11.6 Å². The number of halogens is 3. The van der Waals surface area contributed by atoms with E-state index in [2.05, 4.69) is 14.7 Å². The Balaban J connectivity index is 1.85. The van der Waals surface area contributed by atoms with Gasteiger partial charge in [-0.15, -0.1) is 0 Å². The van der Waals surface area contributed by atoms with Crippen molar-refractivity contribution in [1.29, 1.82) is 0 Å². The minimum atomic E-state index is -4.28. The van der Waals surface area contributed by atoms with Gasteiger partial charge in [-0.1, -0.05) is 6.07 Å². The number of anilines is 1. The van der Waals surface area contributed by atoms with E-state index in [-0.39, 0.29) is 6.04 Å². The molecule has 0 unspecified atom stereocenters. The molecule has 0 amide bonds. The van der Waals surface area contributed by atoms with Crippen LogP contribution in [0.25, 0.3) is 0 Å².